The first-order valence-corrected chi connectivity index (χ1v) is 7.00. The van der Waals surface area contributed by atoms with Crippen molar-refractivity contribution in [2.45, 2.75) is 17.9 Å². The molecule has 80 valence electrons. The van der Waals surface area contributed by atoms with Gasteiger partial charge in [-0.1, -0.05) is 0 Å². The lowest BCUT2D eigenvalue weighted by Crippen LogP contribution is -2.08. The Morgan fingerprint density at radius 3 is 2.67 bits per heavy atom. The van der Waals surface area contributed by atoms with Gasteiger partial charge in [0.25, 0.3) is 0 Å². The average Bonchev–Trinajstić information content (AvgIpc) is 2.48. The van der Waals surface area contributed by atoms with Gasteiger partial charge < -0.3 is 0 Å². The molecule has 0 radical (unpaired) electrons. The van der Waals surface area contributed by atoms with E-state index in [4.69, 9.17) is 0 Å². The second kappa shape index (κ2) is 3.38. The predicted octanol–water partition coefficient (Wildman–Crippen LogP) is 1.38. The summed E-state index contributed by atoms with van der Waals surface area (Å²) >= 11 is 3.27. The fraction of sp³-hybridized carbons (Fsp3) is 0.333. The van der Waals surface area contributed by atoms with Crippen molar-refractivity contribution in [1.29, 1.82) is 0 Å². The molecular formula is C9H8BrNO3S. The van der Waals surface area contributed by atoms with Crippen molar-refractivity contribution in [3.05, 3.63) is 21.8 Å². The molecule has 0 amide bonds. The molecule has 1 aliphatic carbocycles. The summed E-state index contributed by atoms with van der Waals surface area (Å²) in [7, 11) is -3.43. The molecule has 15 heavy (non-hydrogen) atoms. The van der Waals surface area contributed by atoms with Crippen LogP contribution in [0.5, 0.6) is 0 Å². The van der Waals surface area contributed by atoms with Crippen LogP contribution in [0.25, 0.3) is 0 Å². The molecule has 4 nitrogen and oxygen atoms in total. The van der Waals surface area contributed by atoms with Crippen LogP contribution in [0.15, 0.2) is 15.7 Å². The van der Waals surface area contributed by atoms with E-state index in [2.05, 4.69) is 20.9 Å². The minimum absolute atomic E-state index is 0.0943. The van der Waals surface area contributed by atoms with Gasteiger partial charge in [-0.25, -0.2) is 13.4 Å². The van der Waals surface area contributed by atoms with Crippen molar-refractivity contribution in [2.24, 2.45) is 0 Å². The highest BCUT2D eigenvalue weighted by Crippen LogP contribution is 2.32. The number of hydrogen-bond acceptors (Lipinski definition) is 4. The van der Waals surface area contributed by atoms with E-state index >= 15 is 0 Å². The van der Waals surface area contributed by atoms with E-state index in [9.17, 15) is 13.2 Å². The molecule has 0 fully saturated rings. The van der Waals surface area contributed by atoms with Crippen molar-refractivity contribution in [2.75, 3.05) is 6.26 Å². The maximum atomic E-state index is 11.6. The molecule has 0 unspecified atom stereocenters. The van der Waals surface area contributed by atoms with E-state index in [0.29, 0.717) is 17.3 Å². The van der Waals surface area contributed by atoms with Gasteiger partial charge in [-0.15, -0.1) is 0 Å². The van der Waals surface area contributed by atoms with Crippen molar-refractivity contribution in [3.8, 4) is 0 Å². The summed E-state index contributed by atoms with van der Waals surface area (Å²) in [5.74, 6) is -0.140. The number of aromatic nitrogens is 1. The van der Waals surface area contributed by atoms with Crippen molar-refractivity contribution < 1.29 is 13.2 Å². The molecule has 1 heterocycles. The van der Waals surface area contributed by atoms with Gasteiger partial charge in [0.1, 0.15) is 0 Å². The molecule has 0 saturated carbocycles. The minimum atomic E-state index is -3.43. The van der Waals surface area contributed by atoms with Crippen LogP contribution < -0.4 is 0 Å². The molecular weight excluding hydrogens is 282 g/mol. The smallest absolute Gasteiger partial charge is 0.193 e. The summed E-state index contributed by atoms with van der Waals surface area (Å²) in [5.41, 5.74) is 1.03. The van der Waals surface area contributed by atoms with Crippen LogP contribution >= 0.6 is 15.9 Å². The van der Waals surface area contributed by atoms with Crippen LogP contribution in [0.3, 0.4) is 0 Å². The molecule has 0 spiro atoms. The number of fused-ring (bicyclic) bond motifs is 1. The van der Waals surface area contributed by atoms with Crippen LogP contribution in [-0.2, 0) is 16.3 Å². The Labute approximate surface area is 95.8 Å². The first kappa shape index (κ1) is 10.8. The Morgan fingerprint density at radius 1 is 1.40 bits per heavy atom. The number of hydrogen-bond donors (Lipinski definition) is 0. The van der Waals surface area contributed by atoms with Crippen molar-refractivity contribution in [3.63, 3.8) is 0 Å². The predicted molar refractivity (Wildman–Crippen MR) is 57.7 cm³/mol. The van der Waals surface area contributed by atoms with Gasteiger partial charge >= 0.3 is 0 Å². The lowest BCUT2D eigenvalue weighted by molar-refractivity contribution is 0.0991. The summed E-state index contributed by atoms with van der Waals surface area (Å²) in [4.78, 5) is 15.4. The Bertz CT molecular complexity index is 551. The number of Topliss-reactive ketones (excluding diaryl/α,β-unsaturated/α-hetero) is 1. The van der Waals surface area contributed by atoms with Gasteiger partial charge in [-0.2, -0.15) is 0 Å². The Balaban J connectivity index is 2.81. The molecule has 1 aliphatic rings. The first-order chi connectivity index (χ1) is 6.91. The van der Waals surface area contributed by atoms with E-state index < -0.39 is 9.84 Å². The Hall–Kier alpha value is -0.750. The minimum Gasteiger partial charge on any atom is -0.294 e. The molecule has 1 aromatic heterocycles. The lowest BCUT2D eigenvalue weighted by atomic mass is 10.2. The highest BCUT2D eigenvalue weighted by Gasteiger charge is 2.29. The number of halogens is 1. The van der Waals surface area contributed by atoms with Crippen LogP contribution in [0.4, 0.5) is 0 Å². The molecule has 0 atom stereocenters. The molecule has 0 aliphatic heterocycles. The first-order valence-electron chi connectivity index (χ1n) is 4.32. The zero-order valence-corrected chi connectivity index (χ0v) is 10.4. The number of nitrogens with zero attached hydrogens (tertiary/aromatic N) is 1. The lowest BCUT2D eigenvalue weighted by Gasteiger charge is -2.05. The fourth-order valence-electron chi connectivity index (χ4n) is 1.68. The Kier molecular flexibility index (Phi) is 2.42. The molecule has 0 saturated heterocycles. The molecule has 0 N–H and O–H groups in total. The second-order valence-electron chi connectivity index (χ2n) is 3.46. The highest BCUT2D eigenvalue weighted by atomic mass is 79.9. The number of carbonyl (C=O) groups is 1. The molecule has 1 aromatic rings. The Morgan fingerprint density at radius 2 is 2.07 bits per heavy atom. The van der Waals surface area contributed by atoms with Gasteiger partial charge in [-0.3, -0.25) is 4.79 Å². The standard InChI is InChI=1S/C9H8BrNO3S/c1-15(13,14)9-8-5(2-3-7(8)12)6(10)4-11-9/h4H,2-3H2,1H3. The topological polar surface area (TPSA) is 64.1 Å². The third kappa shape index (κ3) is 1.72. The highest BCUT2D eigenvalue weighted by molar-refractivity contribution is 9.10. The van der Waals surface area contributed by atoms with E-state index in [-0.39, 0.29) is 16.4 Å². The van der Waals surface area contributed by atoms with Gasteiger partial charge in [-0.05, 0) is 27.9 Å². The van der Waals surface area contributed by atoms with Crippen molar-refractivity contribution >= 4 is 31.6 Å². The molecule has 0 aromatic carbocycles. The van der Waals surface area contributed by atoms with Gasteiger partial charge in [0, 0.05) is 23.3 Å². The fourth-order valence-corrected chi connectivity index (χ4v) is 3.03. The average molecular weight is 290 g/mol. The summed E-state index contributed by atoms with van der Waals surface area (Å²) < 4.78 is 23.5. The zero-order valence-electron chi connectivity index (χ0n) is 7.95. The van der Waals surface area contributed by atoms with E-state index in [1.807, 2.05) is 0 Å². The van der Waals surface area contributed by atoms with Gasteiger partial charge in [0.2, 0.25) is 0 Å². The third-order valence-corrected chi connectivity index (χ3v) is 4.03. The van der Waals surface area contributed by atoms with Crippen LogP contribution in [-0.4, -0.2) is 25.4 Å². The summed E-state index contributed by atoms with van der Waals surface area (Å²) in [6.07, 6.45) is 3.45. The third-order valence-electron chi connectivity index (χ3n) is 2.33. The van der Waals surface area contributed by atoms with Gasteiger partial charge in [0.15, 0.2) is 20.6 Å². The van der Waals surface area contributed by atoms with Crippen LogP contribution in [0.1, 0.15) is 22.3 Å². The van der Waals surface area contributed by atoms with Crippen molar-refractivity contribution in [1.82, 2.24) is 4.98 Å². The molecule has 6 heteroatoms. The quantitative estimate of drug-likeness (QED) is 0.783. The number of ketones is 1. The van der Waals surface area contributed by atoms with E-state index in [0.717, 1.165) is 11.8 Å². The number of pyridine rings is 1. The largest absolute Gasteiger partial charge is 0.294 e. The monoisotopic (exact) mass is 289 g/mol. The van der Waals surface area contributed by atoms with Crippen LogP contribution in [0, 0.1) is 0 Å². The number of rotatable bonds is 1. The molecule has 2 rings (SSSR count). The van der Waals surface area contributed by atoms with E-state index in [1.54, 1.807) is 0 Å². The summed E-state index contributed by atoms with van der Waals surface area (Å²) in [6.45, 7) is 0. The summed E-state index contributed by atoms with van der Waals surface area (Å²) in [6, 6.07) is 0. The number of carbonyl (C=O) groups excluding carboxylic acids is 1. The van der Waals surface area contributed by atoms with Crippen LogP contribution in [0.2, 0.25) is 0 Å². The molecule has 0 bridgehead atoms. The second-order valence-corrected chi connectivity index (χ2v) is 6.25. The van der Waals surface area contributed by atoms with E-state index in [1.165, 1.54) is 6.20 Å². The summed E-state index contributed by atoms with van der Waals surface area (Å²) in [5, 5.41) is -0.0943. The number of sulfone groups is 1. The van der Waals surface area contributed by atoms with Gasteiger partial charge in [0.05, 0.1) is 5.56 Å². The maximum Gasteiger partial charge on any atom is 0.193 e. The zero-order chi connectivity index (χ0) is 11.2. The normalized spacial score (nSPS) is 15.5. The maximum absolute atomic E-state index is 11.6. The SMILES string of the molecule is CS(=O)(=O)c1ncc(Br)c2c1C(=O)CC2.